The summed E-state index contributed by atoms with van der Waals surface area (Å²) in [7, 11) is 0. The molecule has 2 rings (SSSR count). The molecule has 7 heteroatoms. The molecule has 7 nitrogen and oxygen atoms in total. The van der Waals surface area contributed by atoms with E-state index >= 15 is 0 Å². The summed E-state index contributed by atoms with van der Waals surface area (Å²) >= 11 is 0. The van der Waals surface area contributed by atoms with E-state index in [0.717, 1.165) is 0 Å². The zero-order chi connectivity index (χ0) is 17.9. The highest BCUT2D eigenvalue weighted by molar-refractivity contribution is 5.54. The zero-order valence-corrected chi connectivity index (χ0v) is 12.8. The van der Waals surface area contributed by atoms with Crippen molar-refractivity contribution in [1.82, 2.24) is 0 Å². The van der Waals surface area contributed by atoms with Gasteiger partial charge in [-0.15, -0.1) is 0 Å². The van der Waals surface area contributed by atoms with Crippen LogP contribution in [0.4, 0.5) is 0 Å². The topological polar surface area (TPSA) is 142 Å². The third-order valence-corrected chi connectivity index (χ3v) is 4.10. The van der Waals surface area contributed by atoms with Crippen LogP contribution in [-0.2, 0) is 25.4 Å². The van der Waals surface area contributed by atoms with E-state index in [-0.39, 0.29) is 39.3 Å². The molecule has 0 aliphatic heterocycles. The van der Waals surface area contributed by atoms with Crippen molar-refractivity contribution in [1.29, 1.82) is 0 Å². The van der Waals surface area contributed by atoms with Crippen LogP contribution < -0.4 is 0 Å². The Bertz CT molecular complexity index is 712. The molecule has 0 saturated carbocycles. The van der Waals surface area contributed by atoms with E-state index in [1.165, 1.54) is 30.3 Å². The maximum Gasteiger partial charge on any atom is 0.138 e. The number of benzene rings is 2. The summed E-state index contributed by atoms with van der Waals surface area (Å²) in [6.07, 6.45) is 0. The highest BCUT2D eigenvalue weighted by Crippen LogP contribution is 2.38. The van der Waals surface area contributed by atoms with E-state index in [2.05, 4.69) is 0 Å². The second kappa shape index (κ2) is 7.16. The van der Waals surface area contributed by atoms with E-state index in [1.807, 2.05) is 0 Å². The fraction of sp³-hybridized carbons (Fsp3) is 0.294. The maximum absolute atomic E-state index is 11.0. The van der Waals surface area contributed by atoms with Crippen molar-refractivity contribution in [3.63, 3.8) is 0 Å². The van der Waals surface area contributed by atoms with Gasteiger partial charge in [0, 0.05) is 11.1 Å². The molecule has 0 fully saturated rings. The van der Waals surface area contributed by atoms with Gasteiger partial charge in [0.25, 0.3) is 0 Å². The van der Waals surface area contributed by atoms with Crippen LogP contribution in [0.25, 0.3) is 0 Å². The summed E-state index contributed by atoms with van der Waals surface area (Å²) in [5.41, 5.74) is -1.63. The summed E-state index contributed by atoms with van der Waals surface area (Å²) in [5.74, 6) is -0.405. The largest absolute Gasteiger partial charge is 0.508 e. The second-order valence-corrected chi connectivity index (χ2v) is 5.43. The molecule has 0 aliphatic carbocycles. The molecule has 2 aromatic rings. The fourth-order valence-corrected chi connectivity index (χ4v) is 2.74. The van der Waals surface area contributed by atoms with Gasteiger partial charge in [-0.05, 0) is 34.9 Å². The van der Waals surface area contributed by atoms with Crippen LogP contribution >= 0.6 is 0 Å². The van der Waals surface area contributed by atoms with Gasteiger partial charge in [0.05, 0.1) is 26.4 Å². The minimum absolute atomic E-state index is 0.0285. The number of rotatable bonds is 6. The summed E-state index contributed by atoms with van der Waals surface area (Å²) < 4.78 is 0. The Hall–Kier alpha value is -2.16. The number of hydrogen-bond acceptors (Lipinski definition) is 7. The summed E-state index contributed by atoms with van der Waals surface area (Å²) in [4.78, 5) is 0. The Balaban J connectivity index is 2.77. The van der Waals surface area contributed by atoms with Crippen molar-refractivity contribution in [3.05, 3.63) is 58.1 Å². The molecule has 0 amide bonds. The van der Waals surface area contributed by atoms with Crippen molar-refractivity contribution in [3.8, 4) is 11.5 Å². The molecule has 0 spiro atoms. The first-order valence-corrected chi connectivity index (χ1v) is 7.25. The summed E-state index contributed by atoms with van der Waals surface area (Å²) in [6, 6.07) is 6.72. The quantitative estimate of drug-likeness (QED) is 0.387. The van der Waals surface area contributed by atoms with Gasteiger partial charge in [0.1, 0.15) is 17.1 Å². The minimum atomic E-state index is -1.96. The monoisotopic (exact) mass is 336 g/mol. The van der Waals surface area contributed by atoms with Crippen LogP contribution in [0.15, 0.2) is 30.3 Å². The number of aromatic hydroxyl groups is 2. The van der Waals surface area contributed by atoms with Crippen LogP contribution in [0.3, 0.4) is 0 Å². The fourth-order valence-electron chi connectivity index (χ4n) is 2.74. The molecule has 0 saturated heterocycles. The molecule has 0 aliphatic rings. The van der Waals surface area contributed by atoms with Gasteiger partial charge in [-0.25, -0.2) is 0 Å². The van der Waals surface area contributed by atoms with E-state index in [4.69, 9.17) is 0 Å². The lowest BCUT2D eigenvalue weighted by Crippen LogP contribution is -2.33. The summed E-state index contributed by atoms with van der Waals surface area (Å²) in [5, 5.41) is 68.8. The maximum atomic E-state index is 11.0. The lowest BCUT2D eigenvalue weighted by molar-refractivity contribution is 0.0153. The van der Waals surface area contributed by atoms with E-state index in [9.17, 15) is 35.7 Å². The molecule has 24 heavy (non-hydrogen) atoms. The third kappa shape index (κ3) is 2.95. The molecule has 0 bridgehead atoms. The summed E-state index contributed by atoms with van der Waals surface area (Å²) in [6.45, 7) is -2.55. The SMILES string of the molecule is OCc1cc(C(O)(CO)c2ccc(O)cc2)c(CO)c(CO)c1O. The van der Waals surface area contributed by atoms with Crippen molar-refractivity contribution in [2.24, 2.45) is 0 Å². The van der Waals surface area contributed by atoms with Gasteiger partial charge in [-0.3, -0.25) is 0 Å². The van der Waals surface area contributed by atoms with Gasteiger partial charge in [-0.2, -0.15) is 0 Å². The van der Waals surface area contributed by atoms with Crippen LogP contribution in [0.1, 0.15) is 27.8 Å². The number of hydrogen-bond donors (Lipinski definition) is 7. The molecule has 0 radical (unpaired) electrons. The van der Waals surface area contributed by atoms with E-state index in [1.54, 1.807) is 0 Å². The van der Waals surface area contributed by atoms with Crippen LogP contribution in [0.5, 0.6) is 11.5 Å². The van der Waals surface area contributed by atoms with Crippen molar-refractivity contribution >= 4 is 0 Å². The van der Waals surface area contributed by atoms with Gasteiger partial charge >= 0.3 is 0 Å². The van der Waals surface area contributed by atoms with E-state index < -0.39 is 32.0 Å². The Kier molecular flexibility index (Phi) is 5.43. The van der Waals surface area contributed by atoms with Crippen LogP contribution in [0, 0.1) is 0 Å². The zero-order valence-electron chi connectivity index (χ0n) is 12.8. The lowest BCUT2D eigenvalue weighted by Gasteiger charge is -2.31. The van der Waals surface area contributed by atoms with Crippen molar-refractivity contribution < 1.29 is 35.7 Å². The van der Waals surface area contributed by atoms with Crippen LogP contribution in [0.2, 0.25) is 0 Å². The predicted octanol–water partition coefficient (Wildman–Crippen LogP) is -0.197. The Morgan fingerprint density at radius 2 is 1.38 bits per heavy atom. The molecule has 1 atom stereocenters. The number of phenols is 2. The Morgan fingerprint density at radius 1 is 0.792 bits per heavy atom. The second-order valence-electron chi connectivity index (χ2n) is 5.43. The molecule has 7 N–H and O–H groups in total. The highest BCUT2D eigenvalue weighted by Gasteiger charge is 2.35. The van der Waals surface area contributed by atoms with Gasteiger partial charge < -0.3 is 35.7 Å². The highest BCUT2D eigenvalue weighted by atomic mass is 16.3. The Labute approximate surface area is 138 Å². The van der Waals surface area contributed by atoms with Gasteiger partial charge in [0.2, 0.25) is 0 Å². The number of aliphatic hydroxyl groups is 5. The average molecular weight is 336 g/mol. The molecule has 130 valence electrons. The Morgan fingerprint density at radius 3 is 1.83 bits per heavy atom. The molecular weight excluding hydrogens is 316 g/mol. The first kappa shape index (κ1) is 18.2. The molecule has 2 aromatic carbocycles. The van der Waals surface area contributed by atoms with Crippen LogP contribution in [-0.4, -0.2) is 42.4 Å². The first-order valence-electron chi connectivity index (χ1n) is 7.25. The normalized spacial score (nSPS) is 13.7. The van der Waals surface area contributed by atoms with Gasteiger partial charge in [0.15, 0.2) is 0 Å². The third-order valence-electron chi connectivity index (χ3n) is 4.10. The molecule has 0 heterocycles. The lowest BCUT2D eigenvalue weighted by atomic mass is 9.81. The standard InChI is InChI=1S/C17H20O7/c18-6-10-5-15(13(7-19)14(8-20)16(10)23)17(24,9-21)11-1-3-12(22)4-2-11/h1-5,18-24H,6-9H2. The van der Waals surface area contributed by atoms with Gasteiger partial charge in [-0.1, -0.05) is 12.1 Å². The molecule has 0 aromatic heterocycles. The molecule has 1 unspecified atom stereocenters. The number of phenolic OH excluding ortho intramolecular Hbond substituents is 1. The smallest absolute Gasteiger partial charge is 0.138 e. The average Bonchev–Trinajstić information content (AvgIpc) is 2.61. The number of aliphatic hydroxyl groups excluding tert-OH is 4. The van der Waals surface area contributed by atoms with Crippen molar-refractivity contribution in [2.45, 2.75) is 25.4 Å². The minimum Gasteiger partial charge on any atom is -0.508 e. The van der Waals surface area contributed by atoms with Crippen molar-refractivity contribution in [2.75, 3.05) is 6.61 Å². The predicted molar refractivity (Wildman–Crippen MR) is 84.1 cm³/mol. The molecular formula is C17H20O7. The first-order chi connectivity index (χ1) is 11.4. The van der Waals surface area contributed by atoms with E-state index in [0.29, 0.717) is 0 Å².